The summed E-state index contributed by atoms with van der Waals surface area (Å²) in [6.45, 7) is 1.44. The molecule has 3 aromatic rings. The molecule has 1 atom stereocenters. The minimum absolute atomic E-state index is 0.188. The third-order valence-corrected chi connectivity index (χ3v) is 4.54. The summed E-state index contributed by atoms with van der Waals surface area (Å²) in [7, 11) is 4.11. The van der Waals surface area contributed by atoms with E-state index in [1.807, 2.05) is 18.2 Å². The SMILES string of the molecule is COc1cc2ncnc(Nc3ccc(P)c(Cl)c3)c2cc1NC(C)=O. The van der Waals surface area contributed by atoms with Gasteiger partial charge in [-0.3, -0.25) is 4.79 Å². The highest BCUT2D eigenvalue weighted by molar-refractivity contribution is 7.28. The Morgan fingerprint density at radius 3 is 2.72 bits per heavy atom. The zero-order chi connectivity index (χ0) is 18.0. The van der Waals surface area contributed by atoms with Gasteiger partial charge in [0.1, 0.15) is 17.9 Å². The largest absolute Gasteiger partial charge is 0.494 e. The lowest BCUT2D eigenvalue weighted by atomic mass is 10.2. The van der Waals surface area contributed by atoms with Gasteiger partial charge in [0, 0.05) is 29.1 Å². The summed E-state index contributed by atoms with van der Waals surface area (Å²) in [4.78, 5) is 20.0. The Hall–Kier alpha value is -2.43. The summed E-state index contributed by atoms with van der Waals surface area (Å²) in [5.74, 6) is 0.946. The van der Waals surface area contributed by atoms with Gasteiger partial charge in [-0.2, -0.15) is 0 Å². The molecule has 128 valence electrons. The first-order chi connectivity index (χ1) is 12.0. The van der Waals surface area contributed by atoms with E-state index in [-0.39, 0.29) is 5.91 Å². The minimum Gasteiger partial charge on any atom is -0.494 e. The number of aromatic nitrogens is 2. The number of benzene rings is 2. The normalized spacial score (nSPS) is 10.6. The van der Waals surface area contributed by atoms with Crippen LogP contribution in [0.2, 0.25) is 5.02 Å². The average molecular weight is 375 g/mol. The Morgan fingerprint density at radius 1 is 1.24 bits per heavy atom. The van der Waals surface area contributed by atoms with Gasteiger partial charge in [-0.25, -0.2) is 9.97 Å². The lowest BCUT2D eigenvalue weighted by molar-refractivity contribution is -0.114. The van der Waals surface area contributed by atoms with Crippen LogP contribution < -0.4 is 20.7 Å². The molecule has 6 nitrogen and oxygen atoms in total. The highest BCUT2D eigenvalue weighted by Crippen LogP contribution is 2.33. The Morgan fingerprint density at radius 2 is 2.04 bits per heavy atom. The second-order valence-corrected chi connectivity index (χ2v) is 6.36. The van der Waals surface area contributed by atoms with Crippen LogP contribution in [0.1, 0.15) is 6.92 Å². The number of hydrogen-bond acceptors (Lipinski definition) is 5. The van der Waals surface area contributed by atoms with Gasteiger partial charge in [0.05, 0.1) is 18.3 Å². The predicted octanol–water partition coefficient (Wildman–Crippen LogP) is 3.49. The highest BCUT2D eigenvalue weighted by atomic mass is 35.5. The van der Waals surface area contributed by atoms with Gasteiger partial charge in [-0.05, 0) is 23.5 Å². The molecule has 0 bridgehead atoms. The number of carbonyl (C=O) groups is 1. The number of rotatable bonds is 4. The van der Waals surface area contributed by atoms with Crippen molar-refractivity contribution in [2.45, 2.75) is 6.92 Å². The number of nitrogens with zero attached hydrogens (tertiary/aromatic N) is 2. The Balaban J connectivity index is 2.08. The number of nitrogens with one attached hydrogen (secondary N) is 2. The van der Waals surface area contributed by atoms with Crippen molar-refractivity contribution in [1.29, 1.82) is 0 Å². The quantitative estimate of drug-likeness (QED) is 0.684. The Labute approximate surface area is 152 Å². The second kappa shape index (κ2) is 7.21. The summed E-state index contributed by atoms with van der Waals surface area (Å²) in [5.41, 5.74) is 2.05. The lowest BCUT2D eigenvalue weighted by Crippen LogP contribution is -2.07. The minimum atomic E-state index is -0.188. The maximum absolute atomic E-state index is 11.4. The van der Waals surface area contributed by atoms with Crippen molar-refractivity contribution < 1.29 is 9.53 Å². The summed E-state index contributed by atoms with van der Waals surface area (Å²) in [6, 6.07) is 9.15. The summed E-state index contributed by atoms with van der Waals surface area (Å²) >= 11 is 6.16. The smallest absolute Gasteiger partial charge is 0.221 e. The third-order valence-electron chi connectivity index (χ3n) is 3.53. The van der Waals surface area contributed by atoms with Crippen LogP contribution >= 0.6 is 20.8 Å². The van der Waals surface area contributed by atoms with Gasteiger partial charge in [-0.1, -0.05) is 17.7 Å². The maximum Gasteiger partial charge on any atom is 0.221 e. The van der Waals surface area contributed by atoms with E-state index in [4.69, 9.17) is 16.3 Å². The van der Waals surface area contributed by atoms with Crippen LogP contribution in [0.25, 0.3) is 10.9 Å². The molecule has 8 heteroatoms. The summed E-state index contributed by atoms with van der Waals surface area (Å²) in [6.07, 6.45) is 1.47. The van der Waals surface area contributed by atoms with Crippen molar-refractivity contribution in [3.63, 3.8) is 0 Å². The molecule has 0 fully saturated rings. The summed E-state index contributed by atoms with van der Waals surface area (Å²) in [5, 5.41) is 8.28. The van der Waals surface area contributed by atoms with Crippen LogP contribution in [-0.4, -0.2) is 23.0 Å². The first-order valence-electron chi connectivity index (χ1n) is 7.40. The van der Waals surface area contributed by atoms with Gasteiger partial charge < -0.3 is 15.4 Å². The van der Waals surface area contributed by atoms with E-state index in [1.165, 1.54) is 13.3 Å². The number of methoxy groups -OCH3 is 1. The maximum atomic E-state index is 11.4. The molecule has 3 rings (SSSR count). The fourth-order valence-corrected chi connectivity index (χ4v) is 2.74. The Bertz CT molecular complexity index is 965. The van der Waals surface area contributed by atoms with Crippen molar-refractivity contribution in [3.8, 4) is 5.75 Å². The van der Waals surface area contributed by atoms with Crippen molar-refractivity contribution in [1.82, 2.24) is 9.97 Å². The van der Waals surface area contributed by atoms with Gasteiger partial charge in [0.2, 0.25) is 5.91 Å². The molecular formula is C17H16ClN4O2P. The summed E-state index contributed by atoms with van der Waals surface area (Å²) < 4.78 is 5.33. The molecule has 0 spiro atoms. The number of halogens is 1. The molecule has 0 saturated heterocycles. The van der Waals surface area contributed by atoms with Gasteiger partial charge >= 0.3 is 0 Å². The van der Waals surface area contributed by atoms with E-state index in [2.05, 4.69) is 29.8 Å². The molecule has 25 heavy (non-hydrogen) atoms. The van der Waals surface area contributed by atoms with Gasteiger partial charge in [0.25, 0.3) is 0 Å². The predicted molar refractivity (Wildman–Crippen MR) is 104 cm³/mol. The Kier molecular flexibility index (Phi) is 5.02. The number of amides is 1. The molecule has 0 saturated carbocycles. The standard InChI is InChI=1S/C17H16ClN4O2P/c1-9(23)21-14-6-11-13(7-15(14)24-2)19-8-20-17(11)22-10-3-4-16(25)12(18)5-10/h3-8H,25H2,1-2H3,(H,21,23)(H,19,20,22). The number of anilines is 3. The molecule has 0 aliphatic carbocycles. The first kappa shape index (κ1) is 17.4. The molecule has 2 aromatic carbocycles. The molecule has 2 N–H and O–H groups in total. The molecular weight excluding hydrogens is 359 g/mol. The van der Waals surface area contributed by atoms with E-state index in [0.717, 1.165) is 16.4 Å². The molecule has 1 heterocycles. The van der Waals surface area contributed by atoms with E-state index in [9.17, 15) is 4.79 Å². The molecule has 0 radical (unpaired) electrons. The number of ether oxygens (including phenoxy) is 1. The molecule has 1 aromatic heterocycles. The van der Waals surface area contributed by atoms with Crippen LogP contribution in [0.5, 0.6) is 5.75 Å². The highest BCUT2D eigenvalue weighted by Gasteiger charge is 2.12. The van der Waals surface area contributed by atoms with Crippen LogP contribution in [0.15, 0.2) is 36.7 Å². The molecule has 0 aliphatic heterocycles. The number of carbonyl (C=O) groups excluding carboxylic acids is 1. The molecule has 1 amide bonds. The van der Waals surface area contributed by atoms with Crippen LogP contribution in [-0.2, 0) is 4.79 Å². The monoisotopic (exact) mass is 374 g/mol. The zero-order valence-corrected chi connectivity index (χ0v) is 15.5. The van der Waals surface area contributed by atoms with Crippen molar-refractivity contribution in [3.05, 3.63) is 41.7 Å². The number of fused-ring (bicyclic) bond motifs is 1. The van der Waals surface area contributed by atoms with E-state index in [0.29, 0.717) is 27.8 Å². The van der Waals surface area contributed by atoms with E-state index in [1.54, 1.807) is 19.2 Å². The van der Waals surface area contributed by atoms with Crippen LogP contribution in [0, 0.1) is 0 Å². The van der Waals surface area contributed by atoms with Crippen LogP contribution in [0.3, 0.4) is 0 Å². The van der Waals surface area contributed by atoms with Crippen molar-refractivity contribution >= 4 is 60.1 Å². The average Bonchev–Trinajstić information content (AvgIpc) is 2.57. The number of hydrogen-bond donors (Lipinski definition) is 2. The fraction of sp³-hybridized carbons (Fsp3) is 0.118. The first-order valence-corrected chi connectivity index (χ1v) is 8.36. The third kappa shape index (κ3) is 3.81. The van der Waals surface area contributed by atoms with Crippen LogP contribution in [0.4, 0.5) is 17.2 Å². The fourth-order valence-electron chi connectivity index (χ4n) is 2.38. The van der Waals surface area contributed by atoms with E-state index < -0.39 is 0 Å². The van der Waals surface area contributed by atoms with Crippen molar-refractivity contribution in [2.24, 2.45) is 0 Å². The lowest BCUT2D eigenvalue weighted by Gasteiger charge is -2.13. The van der Waals surface area contributed by atoms with Gasteiger partial charge in [-0.15, -0.1) is 9.24 Å². The molecule has 1 unspecified atom stereocenters. The second-order valence-electron chi connectivity index (χ2n) is 5.33. The molecule has 0 aliphatic rings. The zero-order valence-electron chi connectivity index (χ0n) is 13.6. The topological polar surface area (TPSA) is 76.1 Å². The van der Waals surface area contributed by atoms with Crippen molar-refractivity contribution in [2.75, 3.05) is 17.7 Å². The van der Waals surface area contributed by atoms with E-state index >= 15 is 0 Å². The van der Waals surface area contributed by atoms with Gasteiger partial charge in [0.15, 0.2) is 0 Å².